The van der Waals surface area contributed by atoms with E-state index in [0.717, 1.165) is 5.57 Å². The highest BCUT2D eigenvalue weighted by Crippen LogP contribution is 2.18. The molecule has 82 valence electrons. The van der Waals surface area contributed by atoms with Crippen LogP contribution in [0.15, 0.2) is 29.8 Å². The highest BCUT2D eigenvalue weighted by atomic mass is 19.1. The second-order valence-corrected chi connectivity index (χ2v) is 3.52. The van der Waals surface area contributed by atoms with Gasteiger partial charge in [-0.2, -0.15) is 0 Å². The molecule has 2 nitrogen and oxygen atoms in total. The Labute approximate surface area is 89.0 Å². The van der Waals surface area contributed by atoms with Gasteiger partial charge >= 0.3 is 0 Å². The predicted octanol–water partition coefficient (Wildman–Crippen LogP) is 2.66. The summed E-state index contributed by atoms with van der Waals surface area (Å²) in [6.45, 7) is 4.10. The fraction of sp³-hybridized carbons (Fsp3) is 0.333. The lowest BCUT2D eigenvalue weighted by molar-refractivity contribution is 0.280. The van der Waals surface area contributed by atoms with E-state index in [0.29, 0.717) is 12.2 Å². The van der Waals surface area contributed by atoms with Gasteiger partial charge < -0.3 is 9.84 Å². The third kappa shape index (κ3) is 3.72. The molecule has 0 saturated carbocycles. The van der Waals surface area contributed by atoms with E-state index in [1.54, 1.807) is 6.07 Å². The van der Waals surface area contributed by atoms with E-state index in [1.807, 2.05) is 19.9 Å². The van der Waals surface area contributed by atoms with Crippen LogP contribution in [0.3, 0.4) is 0 Å². The fourth-order valence-electron chi connectivity index (χ4n) is 1.06. The van der Waals surface area contributed by atoms with Gasteiger partial charge in [0.2, 0.25) is 0 Å². The number of benzene rings is 1. The molecule has 0 saturated heterocycles. The van der Waals surface area contributed by atoms with E-state index in [1.165, 1.54) is 12.1 Å². The van der Waals surface area contributed by atoms with Gasteiger partial charge in [0.05, 0.1) is 6.61 Å². The highest BCUT2D eigenvalue weighted by molar-refractivity contribution is 5.29. The monoisotopic (exact) mass is 210 g/mol. The van der Waals surface area contributed by atoms with Crippen LogP contribution in [0, 0.1) is 5.82 Å². The maximum Gasteiger partial charge on any atom is 0.165 e. The summed E-state index contributed by atoms with van der Waals surface area (Å²) in [4.78, 5) is 0. The molecule has 3 heteroatoms. The van der Waals surface area contributed by atoms with Gasteiger partial charge in [-0.3, -0.25) is 0 Å². The zero-order chi connectivity index (χ0) is 11.3. The molecular weight excluding hydrogens is 195 g/mol. The largest absolute Gasteiger partial charge is 0.486 e. The van der Waals surface area contributed by atoms with Gasteiger partial charge in [0.1, 0.15) is 6.61 Å². The second kappa shape index (κ2) is 5.51. The van der Waals surface area contributed by atoms with Crippen LogP contribution in [0.25, 0.3) is 0 Å². The molecule has 15 heavy (non-hydrogen) atoms. The van der Waals surface area contributed by atoms with Gasteiger partial charge in [-0.25, -0.2) is 4.39 Å². The molecule has 0 amide bonds. The standard InChI is InChI=1S/C12H15FO2/c1-9(2)5-6-15-12-4-3-10(8-14)7-11(12)13/h3-5,7,14H,6,8H2,1-2H3. The first-order chi connectivity index (χ1) is 7.13. The normalized spacial score (nSPS) is 9.87. The number of aliphatic hydroxyl groups is 1. The van der Waals surface area contributed by atoms with E-state index in [2.05, 4.69) is 0 Å². The Morgan fingerprint density at radius 1 is 1.47 bits per heavy atom. The van der Waals surface area contributed by atoms with Gasteiger partial charge in [-0.1, -0.05) is 11.6 Å². The topological polar surface area (TPSA) is 29.5 Å². The molecule has 1 aromatic carbocycles. The SMILES string of the molecule is CC(C)=CCOc1ccc(CO)cc1F. The summed E-state index contributed by atoms with van der Waals surface area (Å²) in [7, 11) is 0. The minimum atomic E-state index is -0.441. The number of aliphatic hydroxyl groups excluding tert-OH is 1. The first-order valence-electron chi connectivity index (χ1n) is 4.79. The number of hydrogen-bond donors (Lipinski definition) is 1. The molecule has 0 fully saturated rings. The van der Waals surface area contributed by atoms with Crippen molar-refractivity contribution in [1.82, 2.24) is 0 Å². The van der Waals surface area contributed by atoms with Gasteiger partial charge in [0.25, 0.3) is 0 Å². The minimum absolute atomic E-state index is 0.162. The van der Waals surface area contributed by atoms with Crippen molar-refractivity contribution in [2.24, 2.45) is 0 Å². The quantitative estimate of drug-likeness (QED) is 0.774. The predicted molar refractivity (Wildman–Crippen MR) is 57.2 cm³/mol. The third-order valence-corrected chi connectivity index (χ3v) is 1.91. The summed E-state index contributed by atoms with van der Waals surface area (Å²) in [5, 5.41) is 8.78. The van der Waals surface area contributed by atoms with Crippen molar-refractivity contribution in [2.75, 3.05) is 6.61 Å². The molecule has 0 heterocycles. The van der Waals surface area contributed by atoms with Crippen LogP contribution < -0.4 is 4.74 Å². The number of ether oxygens (including phenoxy) is 1. The van der Waals surface area contributed by atoms with Gasteiger partial charge in [-0.15, -0.1) is 0 Å². The Kier molecular flexibility index (Phi) is 4.31. The molecule has 0 atom stereocenters. The molecule has 0 bridgehead atoms. The summed E-state index contributed by atoms with van der Waals surface area (Å²) >= 11 is 0. The third-order valence-electron chi connectivity index (χ3n) is 1.91. The van der Waals surface area contributed by atoms with Crippen molar-refractivity contribution < 1.29 is 14.2 Å². The van der Waals surface area contributed by atoms with Crippen molar-refractivity contribution in [1.29, 1.82) is 0 Å². The lowest BCUT2D eigenvalue weighted by Crippen LogP contribution is -1.97. The molecule has 1 N–H and O–H groups in total. The van der Waals surface area contributed by atoms with Crippen LogP contribution in [0.4, 0.5) is 4.39 Å². The molecule has 0 unspecified atom stereocenters. The smallest absolute Gasteiger partial charge is 0.165 e. The van der Waals surface area contributed by atoms with Gasteiger partial charge in [0.15, 0.2) is 11.6 Å². The van der Waals surface area contributed by atoms with E-state index < -0.39 is 5.82 Å². The average Bonchev–Trinajstić information content (AvgIpc) is 2.20. The fourth-order valence-corrected chi connectivity index (χ4v) is 1.06. The average molecular weight is 210 g/mol. The lowest BCUT2D eigenvalue weighted by Gasteiger charge is -2.06. The number of hydrogen-bond acceptors (Lipinski definition) is 2. The summed E-state index contributed by atoms with van der Waals surface area (Å²) in [6, 6.07) is 4.44. The highest BCUT2D eigenvalue weighted by Gasteiger charge is 2.03. The summed E-state index contributed by atoms with van der Waals surface area (Å²) < 4.78 is 18.5. The maximum atomic E-state index is 13.3. The number of allylic oxidation sites excluding steroid dienone is 1. The summed E-state index contributed by atoms with van der Waals surface area (Å²) in [5.41, 5.74) is 1.67. The van der Waals surface area contributed by atoms with Crippen LogP contribution in [-0.4, -0.2) is 11.7 Å². The molecule has 1 rings (SSSR count). The maximum absolute atomic E-state index is 13.3. The van der Waals surface area contributed by atoms with Crippen LogP contribution in [0.5, 0.6) is 5.75 Å². The van der Waals surface area contributed by atoms with Gasteiger partial charge in [0, 0.05) is 0 Å². The summed E-state index contributed by atoms with van der Waals surface area (Å²) in [5.74, 6) is -0.228. The van der Waals surface area contributed by atoms with Crippen LogP contribution in [-0.2, 0) is 6.61 Å². The molecule has 0 aromatic heterocycles. The Bertz CT molecular complexity index is 355. The molecule has 0 aliphatic heterocycles. The first-order valence-corrected chi connectivity index (χ1v) is 4.79. The Hall–Kier alpha value is -1.35. The van der Waals surface area contributed by atoms with Crippen molar-refractivity contribution in [2.45, 2.75) is 20.5 Å². The summed E-state index contributed by atoms with van der Waals surface area (Å²) in [6.07, 6.45) is 1.87. The van der Waals surface area contributed by atoms with E-state index in [4.69, 9.17) is 9.84 Å². The number of halogens is 1. The molecular formula is C12H15FO2. The van der Waals surface area contributed by atoms with Crippen LogP contribution in [0.2, 0.25) is 0 Å². The second-order valence-electron chi connectivity index (χ2n) is 3.52. The van der Waals surface area contributed by atoms with Gasteiger partial charge in [-0.05, 0) is 37.6 Å². The van der Waals surface area contributed by atoms with Crippen molar-refractivity contribution >= 4 is 0 Å². The van der Waals surface area contributed by atoms with Crippen molar-refractivity contribution in [3.05, 3.63) is 41.2 Å². The van der Waals surface area contributed by atoms with Crippen LogP contribution >= 0.6 is 0 Å². The molecule has 1 aromatic rings. The molecule has 0 spiro atoms. The van der Waals surface area contributed by atoms with E-state index >= 15 is 0 Å². The van der Waals surface area contributed by atoms with Crippen molar-refractivity contribution in [3.8, 4) is 5.75 Å². The molecule has 0 aliphatic carbocycles. The zero-order valence-corrected chi connectivity index (χ0v) is 8.96. The van der Waals surface area contributed by atoms with E-state index in [-0.39, 0.29) is 12.4 Å². The lowest BCUT2D eigenvalue weighted by atomic mass is 10.2. The van der Waals surface area contributed by atoms with Crippen molar-refractivity contribution in [3.63, 3.8) is 0 Å². The van der Waals surface area contributed by atoms with Crippen LogP contribution in [0.1, 0.15) is 19.4 Å². The Balaban J connectivity index is 2.66. The molecule has 0 aliphatic rings. The van der Waals surface area contributed by atoms with E-state index in [9.17, 15) is 4.39 Å². The number of rotatable bonds is 4. The Morgan fingerprint density at radius 3 is 2.73 bits per heavy atom. The Morgan fingerprint density at radius 2 is 2.20 bits per heavy atom. The minimum Gasteiger partial charge on any atom is -0.486 e. The first kappa shape index (κ1) is 11.7. The zero-order valence-electron chi connectivity index (χ0n) is 8.96. The molecule has 0 radical (unpaired) electrons.